The van der Waals surface area contributed by atoms with Crippen LogP contribution in [-0.4, -0.2) is 57.8 Å². The maximum atomic E-state index is 14.0. The van der Waals surface area contributed by atoms with Gasteiger partial charge in [0, 0.05) is 7.05 Å². The molecule has 0 saturated carbocycles. The predicted molar refractivity (Wildman–Crippen MR) is 97.0 cm³/mol. The van der Waals surface area contributed by atoms with Crippen LogP contribution in [-0.2, 0) is 0 Å². The van der Waals surface area contributed by atoms with Gasteiger partial charge in [-0.05, 0) is 25.3 Å². The highest BCUT2D eigenvalue weighted by atomic mass is 32.1. The van der Waals surface area contributed by atoms with E-state index in [1.54, 1.807) is 0 Å². The van der Waals surface area contributed by atoms with E-state index in [2.05, 4.69) is 4.98 Å². The van der Waals surface area contributed by atoms with Gasteiger partial charge in [-0.25, -0.2) is 14.2 Å². The number of thiazole rings is 1. The molecule has 138 valence electrons. The Morgan fingerprint density at radius 2 is 2.00 bits per heavy atom. The SMILES string of the molecule is Cc1nc(C(=O)N2CC(F)CCC2N(C)C(=O)O)c(-c2ccccc2)s1. The molecule has 0 spiro atoms. The number of carbonyl (C=O) groups excluding carboxylic acids is 1. The lowest BCUT2D eigenvalue weighted by atomic mass is 10.0. The van der Waals surface area contributed by atoms with Gasteiger partial charge >= 0.3 is 6.09 Å². The van der Waals surface area contributed by atoms with Crippen molar-refractivity contribution in [3.8, 4) is 10.4 Å². The van der Waals surface area contributed by atoms with E-state index in [0.717, 1.165) is 15.5 Å². The number of aryl methyl sites for hydroxylation is 1. The van der Waals surface area contributed by atoms with Crippen LogP contribution in [0, 0.1) is 6.92 Å². The first-order chi connectivity index (χ1) is 12.4. The molecule has 2 unspecified atom stereocenters. The third-order valence-corrected chi connectivity index (χ3v) is 5.49. The minimum absolute atomic E-state index is 0.133. The maximum absolute atomic E-state index is 14.0. The molecule has 1 aromatic carbocycles. The Morgan fingerprint density at radius 3 is 2.65 bits per heavy atom. The van der Waals surface area contributed by atoms with Crippen molar-refractivity contribution in [2.75, 3.05) is 13.6 Å². The lowest BCUT2D eigenvalue weighted by molar-refractivity contribution is 0.00790. The number of aromatic nitrogens is 1. The van der Waals surface area contributed by atoms with Crippen molar-refractivity contribution in [2.24, 2.45) is 0 Å². The van der Waals surface area contributed by atoms with Crippen molar-refractivity contribution in [3.63, 3.8) is 0 Å². The number of benzene rings is 1. The summed E-state index contributed by atoms with van der Waals surface area (Å²) in [7, 11) is 1.40. The normalized spacial score (nSPS) is 20.0. The molecule has 1 aliphatic rings. The third-order valence-electron chi connectivity index (χ3n) is 4.47. The Hall–Kier alpha value is -2.48. The second-order valence-electron chi connectivity index (χ2n) is 6.28. The Labute approximate surface area is 154 Å². The number of carboxylic acid groups (broad SMARTS) is 1. The standard InChI is InChI=1S/C18H20FN3O3S/c1-11-20-15(16(26-11)12-6-4-3-5-7-12)17(23)22-10-13(19)8-9-14(22)21(2)18(24)25/h3-7,13-14H,8-10H2,1-2H3,(H,24,25). The van der Waals surface area contributed by atoms with Gasteiger partial charge < -0.3 is 10.0 Å². The van der Waals surface area contributed by atoms with Crippen molar-refractivity contribution in [1.29, 1.82) is 0 Å². The molecule has 8 heteroatoms. The van der Waals surface area contributed by atoms with Gasteiger partial charge in [0.25, 0.3) is 5.91 Å². The number of alkyl halides is 1. The van der Waals surface area contributed by atoms with Crippen LogP contribution >= 0.6 is 11.3 Å². The van der Waals surface area contributed by atoms with Crippen molar-refractivity contribution in [1.82, 2.24) is 14.8 Å². The molecule has 0 bridgehead atoms. The van der Waals surface area contributed by atoms with Gasteiger partial charge in [0.2, 0.25) is 0 Å². The summed E-state index contributed by atoms with van der Waals surface area (Å²) in [6, 6.07) is 9.41. The molecule has 26 heavy (non-hydrogen) atoms. The van der Waals surface area contributed by atoms with Gasteiger partial charge in [-0.3, -0.25) is 9.69 Å². The summed E-state index contributed by atoms with van der Waals surface area (Å²) in [6.45, 7) is 1.68. The van der Waals surface area contributed by atoms with Crippen LogP contribution in [0.4, 0.5) is 9.18 Å². The lowest BCUT2D eigenvalue weighted by Crippen LogP contribution is -2.56. The summed E-state index contributed by atoms with van der Waals surface area (Å²) < 4.78 is 14.0. The smallest absolute Gasteiger partial charge is 0.408 e. The number of carbonyl (C=O) groups is 2. The van der Waals surface area contributed by atoms with Crippen molar-refractivity contribution < 1.29 is 19.1 Å². The number of halogens is 1. The van der Waals surface area contributed by atoms with E-state index in [9.17, 15) is 19.1 Å². The average molecular weight is 377 g/mol. The first-order valence-corrected chi connectivity index (χ1v) is 9.13. The van der Waals surface area contributed by atoms with Crippen molar-refractivity contribution >= 4 is 23.3 Å². The molecule has 1 aromatic heterocycles. The summed E-state index contributed by atoms with van der Waals surface area (Å²) in [5.41, 5.74) is 1.11. The van der Waals surface area contributed by atoms with E-state index in [-0.39, 0.29) is 25.1 Å². The minimum Gasteiger partial charge on any atom is -0.465 e. The monoisotopic (exact) mass is 377 g/mol. The van der Waals surface area contributed by atoms with Gasteiger partial charge in [0.15, 0.2) is 0 Å². The van der Waals surface area contributed by atoms with Gasteiger partial charge in [0.1, 0.15) is 18.0 Å². The molecule has 1 N–H and O–H groups in total. The second kappa shape index (κ2) is 7.41. The summed E-state index contributed by atoms with van der Waals surface area (Å²) >= 11 is 1.39. The average Bonchev–Trinajstić information content (AvgIpc) is 3.03. The Bertz CT molecular complexity index is 811. The molecule has 0 radical (unpaired) electrons. The molecule has 0 aliphatic carbocycles. The lowest BCUT2D eigenvalue weighted by Gasteiger charge is -2.40. The van der Waals surface area contributed by atoms with E-state index in [0.29, 0.717) is 4.88 Å². The summed E-state index contributed by atoms with van der Waals surface area (Å²) in [5.74, 6) is -0.436. The van der Waals surface area contributed by atoms with Gasteiger partial charge in [-0.1, -0.05) is 30.3 Å². The highest BCUT2D eigenvalue weighted by Gasteiger charge is 2.38. The highest BCUT2D eigenvalue weighted by Crippen LogP contribution is 2.32. The Morgan fingerprint density at radius 1 is 1.31 bits per heavy atom. The number of hydrogen-bond donors (Lipinski definition) is 1. The molecule has 2 heterocycles. The van der Waals surface area contributed by atoms with E-state index >= 15 is 0 Å². The van der Waals surface area contributed by atoms with E-state index in [4.69, 9.17) is 0 Å². The fourth-order valence-electron chi connectivity index (χ4n) is 3.15. The topological polar surface area (TPSA) is 73.7 Å². The molecular formula is C18H20FN3O3S. The molecule has 1 saturated heterocycles. The van der Waals surface area contributed by atoms with E-state index in [1.165, 1.54) is 23.3 Å². The fraction of sp³-hybridized carbons (Fsp3) is 0.389. The Balaban J connectivity index is 1.98. The zero-order valence-corrected chi connectivity index (χ0v) is 15.4. The van der Waals surface area contributed by atoms with Crippen LogP contribution in [0.5, 0.6) is 0 Å². The van der Waals surface area contributed by atoms with Crippen LogP contribution in [0.3, 0.4) is 0 Å². The molecule has 2 aromatic rings. The van der Waals surface area contributed by atoms with Crippen LogP contribution in [0.15, 0.2) is 30.3 Å². The fourth-order valence-corrected chi connectivity index (χ4v) is 4.07. The van der Waals surface area contributed by atoms with Crippen LogP contribution in [0.2, 0.25) is 0 Å². The predicted octanol–water partition coefficient (Wildman–Crippen LogP) is 3.63. The number of amides is 2. The number of piperidine rings is 1. The summed E-state index contributed by atoms with van der Waals surface area (Å²) in [6.07, 6.45) is -2.52. The molecule has 6 nitrogen and oxygen atoms in total. The molecular weight excluding hydrogens is 357 g/mol. The number of nitrogens with zero attached hydrogens (tertiary/aromatic N) is 3. The summed E-state index contributed by atoms with van der Waals surface area (Å²) in [5, 5.41) is 10.0. The van der Waals surface area contributed by atoms with E-state index in [1.807, 2.05) is 37.3 Å². The Kier molecular flexibility index (Phi) is 5.22. The maximum Gasteiger partial charge on any atom is 0.408 e. The molecule has 1 fully saturated rings. The first-order valence-electron chi connectivity index (χ1n) is 8.32. The number of rotatable bonds is 3. The van der Waals surface area contributed by atoms with Crippen LogP contribution < -0.4 is 0 Å². The minimum atomic E-state index is -1.17. The quantitative estimate of drug-likeness (QED) is 0.886. The van der Waals surface area contributed by atoms with Gasteiger partial charge in [0.05, 0.1) is 16.4 Å². The second-order valence-corrected chi connectivity index (χ2v) is 7.49. The van der Waals surface area contributed by atoms with Crippen molar-refractivity contribution in [2.45, 2.75) is 32.1 Å². The first kappa shape index (κ1) is 18.3. The molecule has 1 aliphatic heterocycles. The zero-order valence-electron chi connectivity index (χ0n) is 14.6. The largest absolute Gasteiger partial charge is 0.465 e. The van der Waals surface area contributed by atoms with E-state index < -0.39 is 24.3 Å². The summed E-state index contributed by atoms with van der Waals surface area (Å²) in [4.78, 5) is 32.0. The van der Waals surface area contributed by atoms with Crippen molar-refractivity contribution in [3.05, 3.63) is 41.0 Å². The van der Waals surface area contributed by atoms with Gasteiger partial charge in [-0.2, -0.15) is 0 Å². The van der Waals surface area contributed by atoms with Crippen LogP contribution in [0.1, 0.15) is 28.3 Å². The molecule has 2 atom stereocenters. The zero-order chi connectivity index (χ0) is 18.8. The number of hydrogen-bond acceptors (Lipinski definition) is 4. The van der Waals surface area contributed by atoms with Gasteiger partial charge in [-0.15, -0.1) is 11.3 Å². The van der Waals surface area contributed by atoms with Crippen LogP contribution in [0.25, 0.3) is 10.4 Å². The highest BCUT2D eigenvalue weighted by molar-refractivity contribution is 7.15. The molecule has 2 amide bonds. The third kappa shape index (κ3) is 3.55. The molecule has 3 rings (SSSR count). The number of likely N-dealkylation sites (tertiary alicyclic amines) is 1.